The fourth-order valence-electron chi connectivity index (χ4n) is 10.1. The zero-order valence-corrected chi connectivity index (χ0v) is 22.4. The monoisotopic (exact) mass is 440 g/mol. The first-order chi connectivity index (χ1) is 14.8. The molecule has 0 aromatic heterocycles. The molecule has 32 heavy (non-hydrogen) atoms. The predicted molar refractivity (Wildman–Crippen MR) is 137 cm³/mol. The van der Waals surface area contributed by atoms with Gasteiger partial charge in [-0.1, -0.05) is 65.8 Å². The van der Waals surface area contributed by atoms with Crippen molar-refractivity contribution in [1.29, 1.82) is 0 Å². The van der Waals surface area contributed by atoms with Crippen molar-refractivity contribution >= 4 is 0 Å². The van der Waals surface area contributed by atoms with Crippen LogP contribution in [0.3, 0.4) is 0 Å². The van der Waals surface area contributed by atoms with Crippen molar-refractivity contribution in [2.45, 2.75) is 119 Å². The highest BCUT2D eigenvalue weighted by atomic mass is 16.3. The summed E-state index contributed by atoms with van der Waals surface area (Å²) in [6.45, 7) is 26.0. The molecule has 0 radical (unpaired) electrons. The minimum atomic E-state index is -0.127. The Balaban J connectivity index is 1.57. The first-order valence-corrected chi connectivity index (χ1v) is 13.8. The molecule has 0 aromatic rings. The molecule has 1 N–H and O–H groups in total. The number of aliphatic hydroxyl groups excluding tert-OH is 1. The highest BCUT2D eigenvalue weighted by Gasteiger charge is 2.68. The van der Waals surface area contributed by atoms with Crippen molar-refractivity contribution in [1.82, 2.24) is 0 Å². The van der Waals surface area contributed by atoms with Crippen LogP contribution in [0.2, 0.25) is 0 Å². The van der Waals surface area contributed by atoms with Crippen LogP contribution in [0, 0.1) is 51.2 Å². The van der Waals surface area contributed by atoms with Gasteiger partial charge in [-0.3, -0.25) is 0 Å². The summed E-state index contributed by atoms with van der Waals surface area (Å²) in [6.07, 6.45) is 12.7. The molecule has 0 heterocycles. The minimum absolute atomic E-state index is 0.0541. The molecule has 0 saturated heterocycles. The second-order valence-electron chi connectivity index (χ2n) is 14.1. The topological polar surface area (TPSA) is 20.2 Å². The van der Waals surface area contributed by atoms with Crippen molar-refractivity contribution in [3.8, 4) is 0 Å². The molecule has 0 aliphatic heterocycles. The minimum Gasteiger partial charge on any atom is -0.393 e. The summed E-state index contributed by atoms with van der Waals surface area (Å²) in [5.74, 6) is 3.61. The van der Waals surface area contributed by atoms with Crippen LogP contribution in [0.25, 0.3) is 0 Å². The van der Waals surface area contributed by atoms with Gasteiger partial charge in [-0.2, -0.15) is 0 Å². The smallest absolute Gasteiger partial charge is 0.0594 e. The van der Waals surface area contributed by atoms with E-state index in [0.717, 1.165) is 24.2 Å². The van der Waals surface area contributed by atoms with Gasteiger partial charge in [-0.05, 0) is 122 Å². The van der Waals surface area contributed by atoms with Gasteiger partial charge in [0.1, 0.15) is 0 Å². The van der Waals surface area contributed by atoms with E-state index < -0.39 is 0 Å². The third-order valence-electron chi connectivity index (χ3n) is 12.6. The number of allylic oxidation sites excluding steroid dienone is 2. The molecule has 0 unspecified atom stereocenters. The Kier molecular flexibility index (Phi) is 6.14. The molecule has 1 heteroatoms. The SMILES string of the molecule is C=C(C)[C@H](C)CCC(=C)[C@H]1CC[C@]2(C)[C@@H]1CC[C@@H]1[C@@]3(C)CC[C@H](O)C(C)(C)[C@@H]3CC[C@]12C. The van der Waals surface area contributed by atoms with E-state index in [1.54, 1.807) is 0 Å². The number of hydrogen-bond donors (Lipinski definition) is 1. The molecule has 1 nitrogen and oxygen atoms in total. The molecule has 9 atom stereocenters. The molecule has 4 rings (SSSR count). The lowest BCUT2D eigenvalue weighted by Gasteiger charge is -2.69. The first kappa shape index (κ1) is 24.6. The van der Waals surface area contributed by atoms with Gasteiger partial charge in [-0.15, -0.1) is 0 Å². The van der Waals surface area contributed by atoms with Crippen LogP contribution in [0.4, 0.5) is 0 Å². The highest BCUT2D eigenvalue weighted by Crippen LogP contribution is 2.75. The zero-order valence-electron chi connectivity index (χ0n) is 22.4. The number of fused-ring (bicyclic) bond motifs is 5. The molecule has 182 valence electrons. The molecule has 4 aliphatic rings. The summed E-state index contributed by atoms with van der Waals surface area (Å²) in [7, 11) is 0. The number of aliphatic hydroxyl groups is 1. The van der Waals surface area contributed by atoms with Crippen LogP contribution >= 0.6 is 0 Å². The summed E-state index contributed by atoms with van der Waals surface area (Å²) in [4.78, 5) is 0. The Labute approximate surface area is 199 Å². The lowest BCUT2D eigenvalue weighted by molar-refractivity contribution is -0.220. The molecule has 4 aliphatic carbocycles. The Morgan fingerprint density at radius 1 is 0.875 bits per heavy atom. The van der Waals surface area contributed by atoms with E-state index in [2.05, 4.69) is 61.6 Å². The molecule has 0 aromatic carbocycles. The maximum Gasteiger partial charge on any atom is 0.0594 e. The van der Waals surface area contributed by atoms with Gasteiger partial charge in [0, 0.05) is 0 Å². The number of hydrogen-bond acceptors (Lipinski definition) is 1. The fourth-order valence-corrected chi connectivity index (χ4v) is 10.1. The van der Waals surface area contributed by atoms with Gasteiger partial charge in [0.05, 0.1) is 6.10 Å². The first-order valence-electron chi connectivity index (χ1n) is 13.8. The third-order valence-corrected chi connectivity index (χ3v) is 12.6. The predicted octanol–water partition coefficient (Wildman–Crippen LogP) is 8.58. The van der Waals surface area contributed by atoms with Gasteiger partial charge in [-0.25, -0.2) is 0 Å². The maximum absolute atomic E-state index is 10.9. The second kappa shape index (κ2) is 8.00. The molecule has 0 amide bonds. The van der Waals surface area contributed by atoms with Crippen molar-refractivity contribution in [3.05, 3.63) is 24.3 Å². The molecular formula is C31H52O. The Bertz CT molecular complexity index is 762. The average Bonchev–Trinajstić information content (AvgIpc) is 3.07. The quantitative estimate of drug-likeness (QED) is 0.424. The summed E-state index contributed by atoms with van der Waals surface area (Å²) in [5.41, 5.74) is 4.16. The van der Waals surface area contributed by atoms with Crippen molar-refractivity contribution in [3.63, 3.8) is 0 Å². The van der Waals surface area contributed by atoms with Crippen LogP contribution < -0.4 is 0 Å². The second-order valence-corrected chi connectivity index (χ2v) is 14.1. The van der Waals surface area contributed by atoms with E-state index in [9.17, 15) is 5.11 Å². The number of rotatable bonds is 5. The van der Waals surface area contributed by atoms with Gasteiger partial charge in [0.2, 0.25) is 0 Å². The van der Waals surface area contributed by atoms with E-state index in [0.29, 0.717) is 28.1 Å². The Morgan fingerprint density at radius 2 is 1.53 bits per heavy atom. The summed E-state index contributed by atoms with van der Waals surface area (Å²) >= 11 is 0. The summed E-state index contributed by atoms with van der Waals surface area (Å²) < 4.78 is 0. The van der Waals surface area contributed by atoms with Crippen molar-refractivity contribution in [2.24, 2.45) is 51.2 Å². The highest BCUT2D eigenvalue weighted by molar-refractivity contribution is 5.20. The lowest BCUT2D eigenvalue weighted by Crippen LogP contribution is -2.63. The van der Waals surface area contributed by atoms with E-state index in [1.807, 2.05) is 0 Å². The van der Waals surface area contributed by atoms with Crippen molar-refractivity contribution in [2.75, 3.05) is 0 Å². The van der Waals surface area contributed by atoms with E-state index in [4.69, 9.17) is 0 Å². The van der Waals surface area contributed by atoms with Crippen LogP contribution in [-0.4, -0.2) is 11.2 Å². The van der Waals surface area contributed by atoms with Crippen LogP contribution in [0.1, 0.15) is 113 Å². The average molecular weight is 441 g/mol. The largest absolute Gasteiger partial charge is 0.393 e. The van der Waals surface area contributed by atoms with Crippen molar-refractivity contribution < 1.29 is 5.11 Å². The van der Waals surface area contributed by atoms with Gasteiger partial charge in [0.25, 0.3) is 0 Å². The molecule has 4 saturated carbocycles. The van der Waals surface area contributed by atoms with E-state index in [-0.39, 0.29) is 11.5 Å². The molecule has 0 spiro atoms. The normalized spacial score (nSPS) is 48.3. The van der Waals surface area contributed by atoms with E-state index >= 15 is 0 Å². The summed E-state index contributed by atoms with van der Waals surface area (Å²) in [5, 5.41) is 10.9. The molecule has 4 fully saturated rings. The lowest BCUT2D eigenvalue weighted by atomic mass is 9.35. The standard InChI is InChI=1S/C31H52O/c1-20(2)21(3)10-11-22(4)23-14-18-30(8)24(23)12-13-26-29(7)17-16-27(32)28(5,6)25(29)15-19-31(26,30)9/h21,23-27,32H,1,4,10-19H2,2-3,5-9H3/t21-,23-,24-,25+,26-,27+,29+,30-,31-/m1/s1. The molecule has 0 bridgehead atoms. The van der Waals surface area contributed by atoms with E-state index in [1.165, 1.54) is 68.9 Å². The van der Waals surface area contributed by atoms with Crippen LogP contribution in [-0.2, 0) is 0 Å². The van der Waals surface area contributed by atoms with Gasteiger partial charge in [0.15, 0.2) is 0 Å². The Hall–Kier alpha value is -0.560. The summed E-state index contributed by atoms with van der Waals surface area (Å²) in [6, 6.07) is 0. The molecular weight excluding hydrogens is 388 g/mol. The van der Waals surface area contributed by atoms with Gasteiger partial charge < -0.3 is 5.11 Å². The fraction of sp³-hybridized carbons (Fsp3) is 0.871. The Morgan fingerprint density at radius 3 is 2.19 bits per heavy atom. The third kappa shape index (κ3) is 3.34. The zero-order chi connectivity index (χ0) is 23.7. The maximum atomic E-state index is 10.9. The van der Waals surface area contributed by atoms with Crippen LogP contribution in [0.5, 0.6) is 0 Å². The van der Waals surface area contributed by atoms with Gasteiger partial charge >= 0.3 is 0 Å². The van der Waals surface area contributed by atoms with Crippen LogP contribution in [0.15, 0.2) is 24.3 Å².